The molecule has 1 saturated carbocycles. The number of rotatable bonds is 3. The molecule has 4 N–H and O–H groups in total. The van der Waals surface area contributed by atoms with Gasteiger partial charge < -0.3 is 11.5 Å². The lowest BCUT2D eigenvalue weighted by atomic mass is 9.86. The van der Waals surface area contributed by atoms with Gasteiger partial charge in [0.25, 0.3) is 0 Å². The molecule has 3 nitrogen and oxygen atoms in total. The average molecular weight is 216 g/mol. The first kappa shape index (κ1) is 16.8. The monoisotopic (exact) mass is 216 g/mol. The summed E-state index contributed by atoms with van der Waals surface area (Å²) in [6, 6.07) is 0. The van der Waals surface area contributed by atoms with Crippen LogP contribution < -0.4 is 11.5 Å². The van der Waals surface area contributed by atoms with Crippen LogP contribution >= 0.6 is 0 Å². The predicted octanol–water partition coefficient (Wildman–Crippen LogP) is 2.43. The van der Waals surface area contributed by atoms with Crippen molar-refractivity contribution in [2.75, 3.05) is 7.05 Å². The lowest BCUT2D eigenvalue weighted by Crippen LogP contribution is -2.14. The molecule has 0 saturated heterocycles. The largest absolute Gasteiger partial charge is 0.370 e. The fourth-order valence-corrected chi connectivity index (χ4v) is 1.82. The van der Waals surface area contributed by atoms with Crippen LogP contribution in [0.2, 0.25) is 0 Å². The molecular weight excluding hydrogens is 188 g/mol. The van der Waals surface area contributed by atoms with Crippen molar-refractivity contribution >= 4 is 5.91 Å². The molecule has 0 unspecified atom stereocenters. The van der Waals surface area contributed by atoms with E-state index in [0.717, 1.165) is 12.3 Å². The van der Waals surface area contributed by atoms with Gasteiger partial charge in [-0.25, -0.2) is 0 Å². The van der Waals surface area contributed by atoms with Gasteiger partial charge in [-0.05, 0) is 19.4 Å². The average Bonchev–Trinajstić information content (AvgIpc) is 2.33. The topological polar surface area (TPSA) is 69.1 Å². The summed E-state index contributed by atoms with van der Waals surface area (Å²) in [5.74, 6) is 0.645. The summed E-state index contributed by atoms with van der Waals surface area (Å²) < 4.78 is 0. The highest BCUT2D eigenvalue weighted by atomic mass is 16.1. The molecule has 1 rings (SSSR count). The van der Waals surface area contributed by atoms with E-state index in [0.29, 0.717) is 6.42 Å². The molecule has 92 valence electrons. The SMILES string of the molecule is CC.CN.NC(=O)CCC1CCCCC1. The molecular formula is C12H28N2O. The highest BCUT2D eigenvalue weighted by molar-refractivity contribution is 5.73. The highest BCUT2D eigenvalue weighted by Gasteiger charge is 2.13. The predicted molar refractivity (Wildman–Crippen MR) is 66.5 cm³/mol. The Kier molecular flexibility index (Phi) is 15.1. The molecule has 0 spiro atoms. The van der Waals surface area contributed by atoms with Crippen LogP contribution in [0.15, 0.2) is 0 Å². The molecule has 0 aromatic heterocycles. The van der Waals surface area contributed by atoms with Gasteiger partial charge in [0, 0.05) is 6.42 Å². The molecule has 0 aromatic rings. The molecule has 1 aliphatic rings. The Morgan fingerprint density at radius 1 is 1.13 bits per heavy atom. The minimum atomic E-state index is -0.143. The quantitative estimate of drug-likeness (QED) is 0.760. The fourth-order valence-electron chi connectivity index (χ4n) is 1.82. The van der Waals surface area contributed by atoms with Crippen LogP contribution in [0.1, 0.15) is 58.8 Å². The summed E-state index contributed by atoms with van der Waals surface area (Å²) in [4.78, 5) is 10.5. The Balaban J connectivity index is 0. The summed E-state index contributed by atoms with van der Waals surface area (Å²) in [6.07, 6.45) is 8.32. The summed E-state index contributed by atoms with van der Waals surface area (Å²) in [5, 5.41) is 0. The fraction of sp³-hybridized carbons (Fsp3) is 0.917. The summed E-state index contributed by atoms with van der Waals surface area (Å²) in [5.41, 5.74) is 9.57. The van der Waals surface area contributed by atoms with Crippen LogP contribution in [0.25, 0.3) is 0 Å². The first-order chi connectivity index (χ1) is 7.29. The van der Waals surface area contributed by atoms with Crippen molar-refractivity contribution in [3.8, 4) is 0 Å². The molecule has 0 aliphatic heterocycles. The smallest absolute Gasteiger partial charge is 0.217 e. The number of nitrogens with two attached hydrogens (primary N) is 2. The molecule has 1 fully saturated rings. The first-order valence-electron chi connectivity index (χ1n) is 6.15. The van der Waals surface area contributed by atoms with E-state index in [1.54, 1.807) is 0 Å². The second-order valence-corrected chi connectivity index (χ2v) is 3.51. The minimum absolute atomic E-state index is 0.143. The van der Waals surface area contributed by atoms with Gasteiger partial charge in [0.2, 0.25) is 5.91 Å². The van der Waals surface area contributed by atoms with Gasteiger partial charge in [-0.1, -0.05) is 46.0 Å². The van der Waals surface area contributed by atoms with Crippen LogP contribution in [-0.4, -0.2) is 13.0 Å². The molecule has 1 aliphatic carbocycles. The number of carbonyl (C=O) groups is 1. The maximum absolute atomic E-state index is 10.5. The van der Waals surface area contributed by atoms with E-state index < -0.39 is 0 Å². The molecule has 15 heavy (non-hydrogen) atoms. The maximum Gasteiger partial charge on any atom is 0.217 e. The van der Waals surface area contributed by atoms with Gasteiger partial charge in [0.05, 0.1) is 0 Å². The van der Waals surface area contributed by atoms with Crippen molar-refractivity contribution in [3.05, 3.63) is 0 Å². The van der Waals surface area contributed by atoms with Crippen LogP contribution in [-0.2, 0) is 4.79 Å². The third-order valence-electron chi connectivity index (χ3n) is 2.52. The summed E-state index contributed by atoms with van der Waals surface area (Å²) in [6.45, 7) is 4.00. The van der Waals surface area contributed by atoms with Crippen LogP contribution in [0, 0.1) is 5.92 Å². The van der Waals surface area contributed by atoms with Crippen molar-refractivity contribution in [1.82, 2.24) is 0 Å². The van der Waals surface area contributed by atoms with E-state index >= 15 is 0 Å². The summed E-state index contributed by atoms with van der Waals surface area (Å²) >= 11 is 0. The lowest BCUT2D eigenvalue weighted by molar-refractivity contribution is -0.118. The van der Waals surface area contributed by atoms with Gasteiger partial charge in [-0.2, -0.15) is 0 Å². The summed E-state index contributed by atoms with van der Waals surface area (Å²) in [7, 11) is 1.50. The second-order valence-electron chi connectivity index (χ2n) is 3.51. The standard InChI is InChI=1S/C9H17NO.C2H6.CH5N/c10-9(11)7-6-8-4-2-1-3-5-8;2*1-2/h8H,1-7H2,(H2,10,11);1-2H3;2H2,1H3. The van der Waals surface area contributed by atoms with E-state index in [-0.39, 0.29) is 5.91 Å². The zero-order valence-electron chi connectivity index (χ0n) is 10.6. The third-order valence-corrected chi connectivity index (χ3v) is 2.52. The van der Waals surface area contributed by atoms with E-state index in [1.807, 2.05) is 13.8 Å². The van der Waals surface area contributed by atoms with Gasteiger partial charge in [0.1, 0.15) is 0 Å². The van der Waals surface area contributed by atoms with Gasteiger partial charge >= 0.3 is 0 Å². The van der Waals surface area contributed by atoms with Gasteiger partial charge in [-0.15, -0.1) is 0 Å². The molecule has 0 bridgehead atoms. The molecule has 0 heterocycles. The van der Waals surface area contributed by atoms with Crippen molar-refractivity contribution < 1.29 is 4.79 Å². The molecule has 0 radical (unpaired) electrons. The van der Waals surface area contributed by atoms with Crippen LogP contribution in [0.3, 0.4) is 0 Å². The Hall–Kier alpha value is -0.570. The second kappa shape index (κ2) is 13.4. The zero-order chi connectivity index (χ0) is 12.1. The van der Waals surface area contributed by atoms with Crippen molar-refractivity contribution in [2.45, 2.75) is 58.8 Å². The normalized spacial score (nSPS) is 15.5. The van der Waals surface area contributed by atoms with E-state index in [2.05, 4.69) is 5.73 Å². The zero-order valence-corrected chi connectivity index (χ0v) is 10.6. The van der Waals surface area contributed by atoms with Gasteiger partial charge in [-0.3, -0.25) is 4.79 Å². The Morgan fingerprint density at radius 3 is 2.00 bits per heavy atom. The Bertz CT molecular complexity index is 132. The van der Waals surface area contributed by atoms with Crippen molar-refractivity contribution in [1.29, 1.82) is 0 Å². The number of hydrogen-bond acceptors (Lipinski definition) is 2. The third kappa shape index (κ3) is 11.4. The Morgan fingerprint density at radius 2 is 1.60 bits per heavy atom. The molecule has 3 heteroatoms. The first-order valence-corrected chi connectivity index (χ1v) is 6.15. The number of amides is 1. The van der Waals surface area contributed by atoms with E-state index in [1.165, 1.54) is 39.2 Å². The highest BCUT2D eigenvalue weighted by Crippen LogP contribution is 2.26. The maximum atomic E-state index is 10.5. The number of carbonyl (C=O) groups excluding carboxylic acids is 1. The van der Waals surface area contributed by atoms with E-state index in [4.69, 9.17) is 5.73 Å². The minimum Gasteiger partial charge on any atom is -0.370 e. The lowest BCUT2D eigenvalue weighted by Gasteiger charge is -2.20. The number of hydrogen-bond donors (Lipinski definition) is 2. The van der Waals surface area contributed by atoms with E-state index in [9.17, 15) is 4.79 Å². The Labute approximate surface area is 94.6 Å². The van der Waals surface area contributed by atoms with Crippen molar-refractivity contribution in [3.63, 3.8) is 0 Å². The molecule has 0 atom stereocenters. The molecule has 0 aromatic carbocycles. The molecule has 1 amide bonds. The number of primary amides is 1. The van der Waals surface area contributed by atoms with Crippen LogP contribution in [0.5, 0.6) is 0 Å². The van der Waals surface area contributed by atoms with Crippen LogP contribution in [0.4, 0.5) is 0 Å². The van der Waals surface area contributed by atoms with Gasteiger partial charge in [0.15, 0.2) is 0 Å². The van der Waals surface area contributed by atoms with Crippen molar-refractivity contribution in [2.24, 2.45) is 17.4 Å².